The first-order chi connectivity index (χ1) is 21.4. The lowest BCUT2D eigenvalue weighted by Crippen LogP contribution is -2.24. The zero-order chi connectivity index (χ0) is 31.1. The van der Waals surface area contributed by atoms with E-state index in [0.29, 0.717) is 42.2 Å². The van der Waals surface area contributed by atoms with Crippen LogP contribution in [0, 0.1) is 18.8 Å². The van der Waals surface area contributed by atoms with Crippen molar-refractivity contribution in [2.24, 2.45) is 5.92 Å². The van der Waals surface area contributed by atoms with Crippen molar-refractivity contribution in [3.8, 4) is 23.0 Å². The van der Waals surface area contributed by atoms with Crippen molar-refractivity contribution >= 4 is 5.78 Å². The number of rotatable bonds is 14. The highest BCUT2D eigenvalue weighted by molar-refractivity contribution is 5.82. The third-order valence-electron chi connectivity index (χ3n) is 7.37. The summed E-state index contributed by atoms with van der Waals surface area (Å²) in [7, 11) is 1.60. The van der Waals surface area contributed by atoms with Crippen molar-refractivity contribution in [3.05, 3.63) is 83.8 Å². The summed E-state index contributed by atoms with van der Waals surface area (Å²) >= 11 is 0. The minimum absolute atomic E-state index is 0.0399. The van der Waals surface area contributed by atoms with Crippen LogP contribution in [0.4, 0.5) is 13.2 Å². The van der Waals surface area contributed by atoms with Gasteiger partial charge in [-0.25, -0.2) is 28.4 Å². The number of Topliss-reactive ketones (excluding diaryl/α,β-unsaturated/α-hetero) is 1. The van der Waals surface area contributed by atoms with Crippen LogP contribution in [0.2, 0.25) is 0 Å². The highest BCUT2D eigenvalue weighted by atomic mass is 19.1. The SMILES string of the molecule is COCCN1C[C@@H](CC(=O)Cc2c(C)c(-c3cnc(OC(CF)CF)nc3)nn2-c2ccccc2)[C@H](c2ccnc(F)c2)O1. The average molecular weight is 611 g/mol. The van der Waals surface area contributed by atoms with E-state index in [1.165, 1.54) is 24.7 Å². The van der Waals surface area contributed by atoms with E-state index in [2.05, 4.69) is 15.0 Å². The van der Waals surface area contributed by atoms with E-state index in [9.17, 15) is 18.0 Å². The molecule has 232 valence electrons. The smallest absolute Gasteiger partial charge is 0.316 e. The van der Waals surface area contributed by atoms with Gasteiger partial charge in [0.05, 0.1) is 23.7 Å². The molecule has 1 aliphatic rings. The van der Waals surface area contributed by atoms with Crippen LogP contribution in [-0.2, 0) is 20.8 Å². The molecule has 1 saturated heterocycles. The van der Waals surface area contributed by atoms with Gasteiger partial charge in [0.15, 0.2) is 6.10 Å². The highest BCUT2D eigenvalue weighted by Crippen LogP contribution is 2.37. The van der Waals surface area contributed by atoms with Gasteiger partial charge >= 0.3 is 6.01 Å². The first-order valence-electron chi connectivity index (χ1n) is 14.2. The van der Waals surface area contributed by atoms with Gasteiger partial charge in [0.1, 0.15) is 25.2 Å². The summed E-state index contributed by atoms with van der Waals surface area (Å²) in [5.41, 5.74) is 3.91. The molecule has 0 spiro atoms. The van der Waals surface area contributed by atoms with Crippen molar-refractivity contribution in [2.75, 3.05) is 40.2 Å². The van der Waals surface area contributed by atoms with E-state index in [0.717, 1.165) is 11.3 Å². The largest absolute Gasteiger partial charge is 0.455 e. The standard InChI is InChI=1S/C31H33F3N6O4/c1-20-27(14-25(41)12-22-19-39(10-11-42-2)44-30(22)21-8-9-35-28(34)13-21)40(24-6-4-3-5-7-24)38-29(20)23-17-36-31(37-18-23)43-26(15-32)16-33/h3-9,13,17-18,22,26,30H,10-12,14-16,19H2,1-2H3/t22-,30+/m1/s1. The van der Waals surface area contributed by atoms with Crippen LogP contribution >= 0.6 is 0 Å². The molecule has 1 aromatic carbocycles. The molecule has 0 N–H and O–H groups in total. The van der Waals surface area contributed by atoms with E-state index >= 15 is 0 Å². The fourth-order valence-electron chi connectivity index (χ4n) is 5.18. The van der Waals surface area contributed by atoms with Crippen molar-refractivity contribution in [3.63, 3.8) is 0 Å². The van der Waals surface area contributed by atoms with Gasteiger partial charge in [-0.2, -0.15) is 14.6 Å². The maximum atomic E-state index is 14.0. The Morgan fingerprint density at radius 2 is 1.86 bits per heavy atom. The van der Waals surface area contributed by atoms with Crippen LogP contribution in [0.3, 0.4) is 0 Å². The molecule has 44 heavy (non-hydrogen) atoms. The van der Waals surface area contributed by atoms with Crippen molar-refractivity contribution in [2.45, 2.75) is 32.0 Å². The zero-order valence-corrected chi connectivity index (χ0v) is 24.4. The second kappa shape index (κ2) is 14.5. The van der Waals surface area contributed by atoms with Crippen LogP contribution in [0.25, 0.3) is 16.9 Å². The molecule has 0 aliphatic carbocycles. The number of hydroxylamine groups is 2. The molecular formula is C31H33F3N6O4. The van der Waals surface area contributed by atoms with Crippen LogP contribution in [-0.4, -0.2) is 81.8 Å². The summed E-state index contributed by atoms with van der Waals surface area (Å²) in [6.07, 6.45) is 2.80. The Hall–Kier alpha value is -4.20. The third kappa shape index (κ3) is 7.29. The lowest BCUT2D eigenvalue weighted by Gasteiger charge is -2.17. The molecule has 1 aliphatic heterocycles. The van der Waals surface area contributed by atoms with E-state index in [1.54, 1.807) is 22.9 Å². The first-order valence-corrected chi connectivity index (χ1v) is 14.2. The van der Waals surface area contributed by atoms with E-state index in [-0.39, 0.29) is 30.6 Å². The van der Waals surface area contributed by atoms with E-state index in [4.69, 9.17) is 19.4 Å². The van der Waals surface area contributed by atoms with Crippen LogP contribution in [0.15, 0.2) is 61.1 Å². The number of para-hydroxylation sites is 1. The van der Waals surface area contributed by atoms with Crippen molar-refractivity contribution < 1.29 is 32.3 Å². The lowest BCUT2D eigenvalue weighted by molar-refractivity contribution is -0.155. The number of benzene rings is 1. The molecule has 2 atom stereocenters. The normalized spacial score (nSPS) is 17.0. The maximum Gasteiger partial charge on any atom is 0.316 e. The van der Waals surface area contributed by atoms with Gasteiger partial charge in [-0.3, -0.25) is 9.63 Å². The number of hydrogen-bond acceptors (Lipinski definition) is 9. The summed E-state index contributed by atoms with van der Waals surface area (Å²) in [5.74, 6) is -0.885. The molecule has 0 amide bonds. The Balaban J connectivity index is 1.40. The fraction of sp³-hybridized carbons (Fsp3) is 0.387. The Kier molecular flexibility index (Phi) is 10.3. The molecule has 0 unspecified atom stereocenters. The van der Waals surface area contributed by atoms with Gasteiger partial charge in [0.25, 0.3) is 0 Å². The number of ketones is 1. The van der Waals surface area contributed by atoms with Gasteiger partial charge in [-0.05, 0) is 42.3 Å². The van der Waals surface area contributed by atoms with Gasteiger partial charge in [0, 0.05) is 63.1 Å². The summed E-state index contributed by atoms with van der Waals surface area (Å²) < 4.78 is 51.8. The van der Waals surface area contributed by atoms with Gasteiger partial charge < -0.3 is 9.47 Å². The molecule has 4 heterocycles. The second-order valence-electron chi connectivity index (χ2n) is 10.5. The number of hydrogen-bond donors (Lipinski definition) is 0. The predicted octanol–water partition coefficient (Wildman–Crippen LogP) is 4.61. The zero-order valence-electron chi connectivity index (χ0n) is 24.4. The number of carbonyl (C=O) groups is 1. The van der Waals surface area contributed by atoms with Gasteiger partial charge in [-0.1, -0.05) is 18.2 Å². The Morgan fingerprint density at radius 3 is 2.55 bits per heavy atom. The summed E-state index contributed by atoms with van der Waals surface area (Å²) in [4.78, 5) is 31.7. The fourth-order valence-corrected chi connectivity index (χ4v) is 5.18. The Morgan fingerprint density at radius 1 is 1.11 bits per heavy atom. The van der Waals surface area contributed by atoms with E-state index < -0.39 is 31.5 Å². The van der Waals surface area contributed by atoms with Crippen LogP contribution in [0.1, 0.15) is 29.3 Å². The number of aromatic nitrogens is 5. The molecule has 4 aromatic rings. The summed E-state index contributed by atoms with van der Waals surface area (Å²) in [5, 5.41) is 6.55. The van der Waals surface area contributed by atoms with Crippen LogP contribution < -0.4 is 4.74 Å². The molecule has 3 aromatic heterocycles. The molecule has 1 fully saturated rings. The number of ether oxygens (including phenoxy) is 2. The minimum atomic E-state index is -1.27. The average Bonchev–Trinajstić information content (AvgIpc) is 3.59. The number of alkyl halides is 2. The number of nitrogens with zero attached hydrogens (tertiary/aromatic N) is 6. The molecule has 10 nitrogen and oxygen atoms in total. The van der Waals surface area contributed by atoms with Gasteiger partial charge in [0.2, 0.25) is 5.95 Å². The third-order valence-corrected chi connectivity index (χ3v) is 7.37. The number of methoxy groups -OCH3 is 1. The number of pyridine rings is 1. The molecule has 0 bridgehead atoms. The van der Waals surface area contributed by atoms with Crippen molar-refractivity contribution in [1.29, 1.82) is 0 Å². The Bertz CT molecular complexity index is 1540. The molecule has 0 saturated carbocycles. The van der Waals surface area contributed by atoms with E-state index in [1.807, 2.05) is 37.3 Å². The maximum absolute atomic E-state index is 14.0. The lowest BCUT2D eigenvalue weighted by atomic mass is 9.91. The predicted molar refractivity (Wildman–Crippen MR) is 154 cm³/mol. The van der Waals surface area contributed by atoms with Crippen molar-refractivity contribution in [1.82, 2.24) is 29.8 Å². The Labute approximate surface area is 252 Å². The summed E-state index contributed by atoms with van der Waals surface area (Å²) in [6, 6.07) is 12.3. The topological polar surface area (TPSA) is 104 Å². The quantitative estimate of drug-likeness (QED) is 0.189. The van der Waals surface area contributed by atoms with Gasteiger partial charge in [-0.15, -0.1) is 0 Å². The molecule has 13 heteroatoms. The molecule has 0 radical (unpaired) electrons. The number of halogens is 3. The first kappa shape index (κ1) is 31.2. The second-order valence-corrected chi connectivity index (χ2v) is 10.5. The minimum Gasteiger partial charge on any atom is -0.455 e. The molecular weight excluding hydrogens is 577 g/mol. The van der Waals surface area contributed by atoms with Crippen LogP contribution in [0.5, 0.6) is 6.01 Å². The molecule has 5 rings (SSSR count). The monoisotopic (exact) mass is 610 g/mol. The number of carbonyl (C=O) groups excluding carboxylic acids is 1. The summed E-state index contributed by atoms with van der Waals surface area (Å²) in [6.45, 7) is 1.28. The highest BCUT2D eigenvalue weighted by Gasteiger charge is 2.37.